The molecule has 124 valence electrons. The van der Waals surface area contributed by atoms with Gasteiger partial charge in [0, 0.05) is 17.3 Å². The Morgan fingerprint density at radius 3 is 2.40 bits per heavy atom. The maximum Gasteiger partial charge on any atom is 0.238 e. The minimum absolute atomic E-state index is 0.295. The summed E-state index contributed by atoms with van der Waals surface area (Å²) >= 11 is 0. The van der Waals surface area contributed by atoms with Crippen molar-refractivity contribution in [2.45, 2.75) is 4.90 Å². The van der Waals surface area contributed by atoms with Gasteiger partial charge in [0.2, 0.25) is 10.0 Å². The number of sulfonamides is 1. The molecule has 0 spiro atoms. The van der Waals surface area contributed by atoms with E-state index in [1.165, 1.54) is 18.3 Å². The second-order valence-corrected chi connectivity index (χ2v) is 6.87. The van der Waals surface area contributed by atoms with Crippen LogP contribution in [0.2, 0.25) is 0 Å². The lowest BCUT2D eigenvalue weighted by Gasteiger charge is -2.10. The molecule has 0 saturated heterocycles. The number of pyridine rings is 1. The van der Waals surface area contributed by atoms with Crippen molar-refractivity contribution in [2.75, 3.05) is 0 Å². The van der Waals surface area contributed by atoms with Crippen LogP contribution >= 0.6 is 0 Å². The van der Waals surface area contributed by atoms with Crippen LogP contribution in [0.1, 0.15) is 5.56 Å². The number of nitriles is 1. The molecule has 0 aliphatic heterocycles. The summed E-state index contributed by atoms with van der Waals surface area (Å²) in [5, 5.41) is 14.0. The Hall–Kier alpha value is -3.08. The van der Waals surface area contributed by atoms with Crippen molar-refractivity contribution >= 4 is 10.0 Å². The van der Waals surface area contributed by atoms with Gasteiger partial charge < -0.3 is 0 Å². The van der Waals surface area contributed by atoms with Gasteiger partial charge in [0.15, 0.2) is 0 Å². The Kier molecular flexibility index (Phi) is 4.31. The van der Waals surface area contributed by atoms with Gasteiger partial charge in [0.25, 0.3) is 0 Å². The van der Waals surface area contributed by atoms with Gasteiger partial charge in [0.05, 0.1) is 22.2 Å². The standard InChI is InChI=1S/C18H12FN3O2S/c19-15-8-14(9-16(10-15)25(21,23)24)18-17(2-1-7-22-18)13-5-3-12(11-20)4-6-13/h1-10H,(H2,21,23,24). The molecule has 0 saturated carbocycles. The van der Waals surface area contributed by atoms with Gasteiger partial charge in [-0.15, -0.1) is 0 Å². The molecule has 3 aromatic rings. The van der Waals surface area contributed by atoms with Crippen LogP contribution in [0.3, 0.4) is 0 Å². The van der Waals surface area contributed by atoms with Crippen LogP contribution in [0.4, 0.5) is 4.39 Å². The van der Waals surface area contributed by atoms with E-state index in [9.17, 15) is 12.8 Å². The maximum atomic E-state index is 13.9. The third kappa shape index (κ3) is 3.55. The number of benzene rings is 2. The Morgan fingerprint density at radius 2 is 1.76 bits per heavy atom. The monoisotopic (exact) mass is 353 g/mol. The van der Waals surface area contributed by atoms with Crippen molar-refractivity contribution in [3.05, 3.63) is 72.2 Å². The fourth-order valence-corrected chi connectivity index (χ4v) is 3.02. The van der Waals surface area contributed by atoms with Crippen molar-refractivity contribution in [1.29, 1.82) is 5.26 Å². The SMILES string of the molecule is N#Cc1ccc(-c2cccnc2-c2cc(F)cc(S(N)(=O)=O)c2)cc1. The molecule has 1 heterocycles. The first-order chi connectivity index (χ1) is 11.9. The van der Waals surface area contributed by atoms with Gasteiger partial charge in [-0.1, -0.05) is 18.2 Å². The lowest BCUT2D eigenvalue weighted by Crippen LogP contribution is -2.12. The number of halogens is 1. The molecule has 7 heteroatoms. The van der Waals surface area contributed by atoms with Crippen LogP contribution in [0, 0.1) is 17.1 Å². The number of primary sulfonamides is 1. The molecule has 0 aliphatic carbocycles. The van der Waals surface area contributed by atoms with E-state index >= 15 is 0 Å². The topological polar surface area (TPSA) is 96.8 Å². The number of rotatable bonds is 3. The molecule has 5 nitrogen and oxygen atoms in total. The molecule has 0 radical (unpaired) electrons. The highest BCUT2D eigenvalue weighted by Crippen LogP contribution is 2.31. The predicted octanol–water partition coefficient (Wildman–Crippen LogP) is 3.07. The van der Waals surface area contributed by atoms with E-state index in [4.69, 9.17) is 10.4 Å². The van der Waals surface area contributed by atoms with Gasteiger partial charge in [-0.25, -0.2) is 17.9 Å². The van der Waals surface area contributed by atoms with Crippen LogP contribution in [0.15, 0.2) is 65.7 Å². The zero-order valence-electron chi connectivity index (χ0n) is 12.8. The third-order valence-corrected chi connectivity index (χ3v) is 4.50. The average molecular weight is 353 g/mol. The molecule has 0 amide bonds. The van der Waals surface area contributed by atoms with Crippen LogP contribution in [0.5, 0.6) is 0 Å². The lowest BCUT2D eigenvalue weighted by atomic mass is 9.98. The molecular formula is C18H12FN3O2S. The van der Waals surface area contributed by atoms with Crippen molar-refractivity contribution in [1.82, 2.24) is 4.98 Å². The molecule has 0 fully saturated rings. The van der Waals surface area contributed by atoms with E-state index in [-0.39, 0.29) is 4.90 Å². The van der Waals surface area contributed by atoms with E-state index in [2.05, 4.69) is 4.98 Å². The fraction of sp³-hybridized carbons (Fsp3) is 0. The summed E-state index contributed by atoms with van der Waals surface area (Å²) in [6.07, 6.45) is 1.53. The zero-order valence-corrected chi connectivity index (χ0v) is 13.7. The predicted molar refractivity (Wildman–Crippen MR) is 91.2 cm³/mol. The third-order valence-electron chi connectivity index (χ3n) is 3.61. The minimum atomic E-state index is -4.05. The van der Waals surface area contributed by atoms with Gasteiger partial charge in [-0.3, -0.25) is 4.98 Å². The number of aromatic nitrogens is 1. The summed E-state index contributed by atoms with van der Waals surface area (Å²) in [7, 11) is -4.05. The van der Waals surface area contributed by atoms with Gasteiger partial charge in [-0.05, 0) is 42.0 Å². The van der Waals surface area contributed by atoms with E-state index in [0.717, 1.165) is 11.6 Å². The molecular weight excluding hydrogens is 341 g/mol. The molecule has 2 N–H and O–H groups in total. The number of nitrogens with two attached hydrogens (primary N) is 1. The zero-order chi connectivity index (χ0) is 18.0. The van der Waals surface area contributed by atoms with Gasteiger partial charge >= 0.3 is 0 Å². The molecule has 1 aromatic heterocycles. The fourth-order valence-electron chi connectivity index (χ4n) is 2.46. The highest BCUT2D eigenvalue weighted by molar-refractivity contribution is 7.89. The first-order valence-electron chi connectivity index (χ1n) is 7.18. The first-order valence-corrected chi connectivity index (χ1v) is 8.72. The summed E-state index contributed by atoms with van der Waals surface area (Å²) < 4.78 is 37.0. The van der Waals surface area contributed by atoms with Crippen molar-refractivity contribution in [3.63, 3.8) is 0 Å². The Balaban J connectivity index is 2.19. The maximum absolute atomic E-state index is 13.9. The van der Waals surface area contributed by atoms with Gasteiger partial charge in [0.1, 0.15) is 5.82 Å². The van der Waals surface area contributed by atoms with Crippen LogP contribution in [-0.2, 0) is 10.0 Å². The average Bonchev–Trinajstić information content (AvgIpc) is 2.60. The molecule has 0 unspecified atom stereocenters. The molecule has 0 bridgehead atoms. The highest BCUT2D eigenvalue weighted by atomic mass is 32.2. The van der Waals surface area contributed by atoms with Crippen molar-refractivity contribution in [3.8, 4) is 28.5 Å². The highest BCUT2D eigenvalue weighted by Gasteiger charge is 2.15. The Morgan fingerprint density at radius 1 is 1.04 bits per heavy atom. The van der Waals surface area contributed by atoms with Crippen LogP contribution in [-0.4, -0.2) is 13.4 Å². The largest absolute Gasteiger partial charge is 0.256 e. The normalized spacial score (nSPS) is 11.1. The quantitative estimate of drug-likeness (QED) is 0.782. The number of hydrogen-bond donors (Lipinski definition) is 1. The number of nitrogens with zero attached hydrogens (tertiary/aromatic N) is 2. The van der Waals surface area contributed by atoms with E-state index in [1.54, 1.807) is 36.4 Å². The molecule has 0 atom stereocenters. The number of hydrogen-bond acceptors (Lipinski definition) is 4. The van der Waals surface area contributed by atoms with Crippen molar-refractivity contribution < 1.29 is 12.8 Å². The second kappa shape index (κ2) is 6.43. The van der Waals surface area contributed by atoms with Gasteiger partial charge in [-0.2, -0.15) is 5.26 Å². The summed E-state index contributed by atoms with van der Waals surface area (Å²) in [5.74, 6) is -0.724. The van der Waals surface area contributed by atoms with Crippen LogP contribution in [0.25, 0.3) is 22.4 Å². The van der Waals surface area contributed by atoms with Crippen LogP contribution < -0.4 is 5.14 Å². The summed E-state index contributed by atoms with van der Waals surface area (Å²) in [6.45, 7) is 0. The Bertz CT molecular complexity index is 1090. The molecule has 3 rings (SSSR count). The summed E-state index contributed by atoms with van der Waals surface area (Å²) in [6, 6.07) is 15.7. The van der Waals surface area contributed by atoms with E-state index < -0.39 is 15.8 Å². The minimum Gasteiger partial charge on any atom is -0.256 e. The molecule has 2 aromatic carbocycles. The first kappa shape index (κ1) is 16.8. The van der Waals surface area contributed by atoms with E-state index in [0.29, 0.717) is 22.4 Å². The van der Waals surface area contributed by atoms with Crippen molar-refractivity contribution in [2.24, 2.45) is 5.14 Å². The molecule has 0 aliphatic rings. The van der Waals surface area contributed by atoms with E-state index in [1.807, 2.05) is 6.07 Å². The second-order valence-electron chi connectivity index (χ2n) is 5.31. The molecule has 25 heavy (non-hydrogen) atoms. The Labute approximate surface area is 144 Å². The smallest absolute Gasteiger partial charge is 0.238 e. The summed E-state index contributed by atoms with van der Waals surface area (Å²) in [4.78, 5) is 3.94. The summed E-state index contributed by atoms with van der Waals surface area (Å²) in [5.41, 5.74) is 2.67. The lowest BCUT2D eigenvalue weighted by molar-refractivity contribution is 0.592.